The van der Waals surface area contributed by atoms with Crippen LogP contribution in [0.4, 0.5) is 10.1 Å². The molecule has 0 spiro atoms. The van der Waals surface area contributed by atoms with Crippen LogP contribution in [0, 0.1) is 5.82 Å². The van der Waals surface area contributed by atoms with Crippen molar-refractivity contribution < 1.29 is 13.9 Å². The van der Waals surface area contributed by atoms with Crippen LogP contribution in [0.15, 0.2) is 30.6 Å². The van der Waals surface area contributed by atoms with Gasteiger partial charge in [-0.25, -0.2) is 4.39 Å². The van der Waals surface area contributed by atoms with Crippen molar-refractivity contribution in [1.82, 2.24) is 4.98 Å². The minimum Gasteiger partial charge on any atom is -0.495 e. The average molecular weight is 311 g/mol. The van der Waals surface area contributed by atoms with Gasteiger partial charge in [-0.15, -0.1) is 0 Å². The number of hydrogen-bond acceptors (Lipinski definition) is 4. The second kappa shape index (κ2) is 6.63. The van der Waals surface area contributed by atoms with Gasteiger partial charge in [-0.3, -0.25) is 4.98 Å². The summed E-state index contributed by atoms with van der Waals surface area (Å²) >= 11 is 6.06. The number of nitrogens with zero attached hydrogens (tertiary/aromatic N) is 1. The Bertz CT molecular complexity index is 637. The van der Waals surface area contributed by atoms with Gasteiger partial charge in [0, 0.05) is 18.3 Å². The quantitative estimate of drug-likeness (QED) is 0.904. The van der Waals surface area contributed by atoms with E-state index in [2.05, 4.69) is 10.3 Å². The summed E-state index contributed by atoms with van der Waals surface area (Å²) in [5.74, 6) is 0.739. The molecule has 0 aliphatic rings. The zero-order valence-corrected chi connectivity index (χ0v) is 12.7. The lowest BCUT2D eigenvalue weighted by atomic mass is 10.1. The van der Waals surface area contributed by atoms with E-state index in [1.807, 2.05) is 6.92 Å². The van der Waals surface area contributed by atoms with Gasteiger partial charge < -0.3 is 14.8 Å². The van der Waals surface area contributed by atoms with E-state index in [9.17, 15) is 4.39 Å². The summed E-state index contributed by atoms with van der Waals surface area (Å²) in [4.78, 5) is 3.85. The molecule has 0 radical (unpaired) electrons. The minimum absolute atomic E-state index is 0.159. The predicted octanol–water partition coefficient (Wildman–Crippen LogP) is 4.06. The number of pyridine rings is 1. The van der Waals surface area contributed by atoms with Gasteiger partial charge in [0.15, 0.2) is 0 Å². The van der Waals surface area contributed by atoms with Crippen molar-refractivity contribution in [3.8, 4) is 11.5 Å². The van der Waals surface area contributed by atoms with E-state index in [1.165, 1.54) is 19.4 Å². The van der Waals surface area contributed by atoms with E-state index in [-0.39, 0.29) is 11.9 Å². The number of ether oxygens (including phenoxy) is 2. The van der Waals surface area contributed by atoms with Crippen LogP contribution < -0.4 is 14.8 Å². The first-order chi connectivity index (χ1) is 10.0. The Morgan fingerprint density at radius 1 is 1.14 bits per heavy atom. The summed E-state index contributed by atoms with van der Waals surface area (Å²) in [7, 11) is 3.09. The number of methoxy groups -OCH3 is 2. The molecule has 0 aliphatic heterocycles. The van der Waals surface area contributed by atoms with Crippen LogP contribution in [-0.2, 0) is 0 Å². The zero-order valence-electron chi connectivity index (χ0n) is 12.0. The van der Waals surface area contributed by atoms with Crippen molar-refractivity contribution in [3.63, 3.8) is 0 Å². The van der Waals surface area contributed by atoms with Crippen LogP contribution in [0.3, 0.4) is 0 Å². The van der Waals surface area contributed by atoms with Crippen LogP contribution >= 0.6 is 11.6 Å². The minimum atomic E-state index is -0.373. The molecule has 0 saturated carbocycles. The average Bonchev–Trinajstić information content (AvgIpc) is 2.48. The van der Waals surface area contributed by atoms with E-state index in [4.69, 9.17) is 21.1 Å². The fraction of sp³-hybridized carbons (Fsp3) is 0.267. The topological polar surface area (TPSA) is 43.4 Å². The fourth-order valence-corrected chi connectivity index (χ4v) is 2.19. The van der Waals surface area contributed by atoms with Gasteiger partial charge in [-0.2, -0.15) is 0 Å². The molecular formula is C15H16ClFN2O2. The van der Waals surface area contributed by atoms with E-state index in [0.717, 1.165) is 5.56 Å². The van der Waals surface area contributed by atoms with Crippen molar-refractivity contribution in [2.75, 3.05) is 19.5 Å². The molecule has 6 heteroatoms. The first-order valence-electron chi connectivity index (χ1n) is 6.33. The van der Waals surface area contributed by atoms with Gasteiger partial charge in [0.25, 0.3) is 0 Å². The highest BCUT2D eigenvalue weighted by molar-refractivity contribution is 6.32. The number of aromatic nitrogens is 1. The van der Waals surface area contributed by atoms with E-state index in [1.54, 1.807) is 25.4 Å². The Labute approximate surface area is 127 Å². The molecule has 0 bridgehead atoms. The summed E-state index contributed by atoms with van der Waals surface area (Å²) in [5.41, 5.74) is 1.43. The molecule has 0 aliphatic carbocycles. The summed E-state index contributed by atoms with van der Waals surface area (Å²) in [6.07, 6.45) is 2.78. The maximum atomic E-state index is 13.2. The summed E-state index contributed by atoms with van der Waals surface area (Å²) < 4.78 is 23.7. The van der Waals surface area contributed by atoms with Crippen LogP contribution in [0.1, 0.15) is 18.5 Å². The maximum Gasteiger partial charge on any atom is 0.143 e. The van der Waals surface area contributed by atoms with Crippen molar-refractivity contribution in [2.24, 2.45) is 0 Å². The lowest BCUT2D eigenvalue weighted by Gasteiger charge is -2.19. The highest BCUT2D eigenvalue weighted by atomic mass is 35.5. The standard InChI is InChI=1S/C15H16ClFN2O2/c1-9(10-4-11(17)8-18-7-10)19-13-6-14(20-2)12(16)5-15(13)21-3/h4-9,19H,1-3H3/t9-/m1/s1. The molecule has 1 N–H and O–H groups in total. The molecule has 0 unspecified atom stereocenters. The smallest absolute Gasteiger partial charge is 0.143 e. The van der Waals surface area contributed by atoms with Gasteiger partial charge in [-0.1, -0.05) is 11.6 Å². The number of benzene rings is 1. The van der Waals surface area contributed by atoms with Gasteiger partial charge in [0.2, 0.25) is 0 Å². The molecule has 1 atom stereocenters. The second-order valence-corrected chi connectivity index (χ2v) is 4.90. The van der Waals surface area contributed by atoms with E-state index < -0.39 is 0 Å². The Hall–Kier alpha value is -2.01. The van der Waals surface area contributed by atoms with Crippen LogP contribution in [-0.4, -0.2) is 19.2 Å². The summed E-state index contributed by atoms with van der Waals surface area (Å²) in [6, 6.07) is 4.68. The van der Waals surface area contributed by atoms with Crippen molar-refractivity contribution in [3.05, 3.63) is 47.0 Å². The van der Waals surface area contributed by atoms with Crippen LogP contribution in [0.2, 0.25) is 5.02 Å². The van der Waals surface area contributed by atoms with Gasteiger partial charge in [0.05, 0.1) is 37.2 Å². The largest absolute Gasteiger partial charge is 0.495 e. The number of nitrogens with one attached hydrogen (secondary N) is 1. The second-order valence-electron chi connectivity index (χ2n) is 4.49. The molecule has 2 rings (SSSR count). The third-order valence-electron chi connectivity index (χ3n) is 3.07. The Kier molecular flexibility index (Phi) is 4.85. The summed E-state index contributed by atoms with van der Waals surface area (Å²) in [5, 5.41) is 3.69. The number of hydrogen-bond donors (Lipinski definition) is 1. The fourth-order valence-electron chi connectivity index (χ4n) is 1.95. The Morgan fingerprint density at radius 3 is 2.48 bits per heavy atom. The monoisotopic (exact) mass is 310 g/mol. The third kappa shape index (κ3) is 3.55. The lowest BCUT2D eigenvalue weighted by Crippen LogP contribution is -2.08. The molecule has 2 aromatic rings. The highest BCUT2D eigenvalue weighted by Gasteiger charge is 2.13. The van der Waals surface area contributed by atoms with E-state index >= 15 is 0 Å². The molecule has 0 saturated heterocycles. The van der Waals surface area contributed by atoms with Crippen LogP contribution in [0.25, 0.3) is 0 Å². The van der Waals surface area contributed by atoms with Gasteiger partial charge in [0.1, 0.15) is 17.3 Å². The summed E-state index contributed by atoms with van der Waals surface area (Å²) in [6.45, 7) is 1.90. The first kappa shape index (κ1) is 15.4. The third-order valence-corrected chi connectivity index (χ3v) is 3.37. The molecule has 1 heterocycles. The zero-order chi connectivity index (χ0) is 15.4. The van der Waals surface area contributed by atoms with Crippen molar-refractivity contribution in [1.29, 1.82) is 0 Å². The molecule has 1 aromatic heterocycles. The number of rotatable bonds is 5. The highest BCUT2D eigenvalue weighted by Crippen LogP contribution is 2.37. The van der Waals surface area contributed by atoms with Gasteiger partial charge in [-0.05, 0) is 18.6 Å². The van der Waals surface area contributed by atoms with E-state index in [0.29, 0.717) is 22.2 Å². The lowest BCUT2D eigenvalue weighted by molar-refractivity contribution is 0.404. The normalized spacial score (nSPS) is 11.9. The molecule has 1 aromatic carbocycles. The van der Waals surface area contributed by atoms with Crippen LogP contribution in [0.5, 0.6) is 11.5 Å². The molecule has 0 fully saturated rings. The molecule has 112 valence electrons. The molecule has 0 amide bonds. The molecule has 21 heavy (non-hydrogen) atoms. The SMILES string of the molecule is COc1cc(N[C@H](C)c2cncc(F)c2)c(OC)cc1Cl. The molecule has 4 nitrogen and oxygen atoms in total. The predicted molar refractivity (Wildman–Crippen MR) is 80.8 cm³/mol. The maximum absolute atomic E-state index is 13.2. The van der Waals surface area contributed by atoms with Gasteiger partial charge >= 0.3 is 0 Å². The van der Waals surface area contributed by atoms with Crippen molar-refractivity contribution >= 4 is 17.3 Å². The first-order valence-corrected chi connectivity index (χ1v) is 6.71. The Morgan fingerprint density at radius 2 is 1.86 bits per heavy atom. The van der Waals surface area contributed by atoms with Crippen molar-refractivity contribution in [2.45, 2.75) is 13.0 Å². The molecular weight excluding hydrogens is 295 g/mol. The number of anilines is 1. The Balaban J connectivity index is 2.29. The number of halogens is 2.